The molecule has 1 aliphatic carbocycles. The molecule has 1 aliphatic rings. The van der Waals surface area contributed by atoms with Gasteiger partial charge in [-0.2, -0.15) is 0 Å². The van der Waals surface area contributed by atoms with Gasteiger partial charge in [-0.05, 0) is 42.4 Å². The Labute approximate surface area is 98.0 Å². The summed E-state index contributed by atoms with van der Waals surface area (Å²) in [5.41, 5.74) is 0.742. The number of aliphatic carboxylic acids is 1. The van der Waals surface area contributed by atoms with Crippen molar-refractivity contribution in [2.75, 3.05) is 0 Å². The van der Waals surface area contributed by atoms with Gasteiger partial charge in [0.25, 0.3) is 0 Å². The SMILES string of the molecule is O=C(O)CC(c1ccc(Cl)c(F)c1)C1CC1. The molecule has 16 heavy (non-hydrogen) atoms. The molecule has 0 saturated heterocycles. The van der Waals surface area contributed by atoms with Crippen LogP contribution in [0.5, 0.6) is 0 Å². The highest BCUT2D eigenvalue weighted by Crippen LogP contribution is 2.44. The van der Waals surface area contributed by atoms with Crippen LogP contribution < -0.4 is 0 Å². The fourth-order valence-corrected chi connectivity index (χ4v) is 2.10. The van der Waals surface area contributed by atoms with E-state index in [-0.39, 0.29) is 17.4 Å². The second-order valence-corrected chi connectivity index (χ2v) is 4.62. The van der Waals surface area contributed by atoms with Crippen LogP contribution in [0.3, 0.4) is 0 Å². The van der Waals surface area contributed by atoms with Crippen LogP contribution in [0.25, 0.3) is 0 Å². The highest BCUT2D eigenvalue weighted by atomic mass is 35.5. The first-order valence-corrected chi connectivity index (χ1v) is 5.62. The van der Waals surface area contributed by atoms with Crippen LogP contribution in [0.15, 0.2) is 18.2 Å². The summed E-state index contributed by atoms with van der Waals surface area (Å²) in [7, 11) is 0. The van der Waals surface area contributed by atoms with E-state index >= 15 is 0 Å². The first-order chi connectivity index (χ1) is 7.58. The molecule has 1 atom stereocenters. The fourth-order valence-electron chi connectivity index (χ4n) is 1.99. The average Bonchev–Trinajstić information content (AvgIpc) is 3.02. The molecule has 0 aliphatic heterocycles. The van der Waals surface area contributed by atoms with E-state index in [4.69, 9.17) is 16.7 Å². The highest BCUT2D eigenvalue weighted by Gasteiger charge is 2.33. The van der Waals surface area contributed by atoms with Crippen molar-refractivity contribution in [2.45, 2.75) is 25.2 Å². The number of carbonyl (C=O) groups is 1. The van der Waals surface area contributed by atoms with E-state index in [1.165, 1.54) is 12.1 Å². The van der Waals surface area contributed by atoms with Crippen molar-refractivity contribution in [3.63, 3.8) is 0 Å². The minimum absolute atomic E-state index is 0.0612. The summed E-state index contributed by atoms with van der Waals surface area (Å²) < 4.78 is 13.3. The van der Waals surface area contributed by atoms with E-state index in [9.17, 15) is 9.18 Å². The molecule has 1 aromatic carbocycles. The normalized spacial score (nSPS) is 17.1. The molecule has 0 aromatic heterocycles. The number of carboxylic acid groups (broad SMARTS) is 1. The Morgan fingerprint density at radius 2 is 2.25 bits per heavy atom. The number of halogens is 2. The topological polar surface area (TPSA) is 37.3 Å². The molecule has 1 aromatic rings. The van der Waals surface area contributed by atoms with Crippen LogP contribution in [-0.4, -0.2) is 11.1 Å². The summed E-state index contributed by atoms with van der Waals surface area (Å²) in [6.45, 7) is 0. The van der Waals surface area contributed by atoms with Crippen LogP contribution in [0.2, 0.25) is 5.02 Å². The molecule has 2 nitrogen and oxygen atoms in total. The Kier molecular flexibility index (Phi) is 3.15. The first kappa shape index (κ1) is 11.4. The Morgan fingerprint density at radius 3 is 2.75 bits per heavy atom. The van der Waals surface area contributed by atoms with Gasteiger partial charge in [-0.3, -0.25) is 4.79 Å². The van der Waals surface area contributed by atoms with Gasteiger partial charge in [-0.25, -0.2) is 4.39 Å². The number of hydrogen-bond donors (Lipinski definition) is 1. The Morgan fingerprint density at radius 1 is 1.56 bits per heavy atom. The van der Waals surface area contributed by atoms with Crippen molar-refractivity contribution in [1.82, 2.24) is 0 Å². The smallest absolute Gasteiger partial charge is 0.303 e. The molecule has 86 valence electrons. The fraction of sp³-hybridized carbons (Fsp3) is 0.417. The van der Waals surface area contributed by atoms with E-state index in [1.54, 1.807) is 6.07 Å². The van der Waals surface area contributed by atoms with Gasteiger partial charge in [-0.1, -0.05) is 17.7 Å². The quantitative estimate of drug-likeness (QED) is 0.878. The van der Waals surface area contributed by atoms with Crippen LogP contribution in [0, 0.1) is 11.7 Å². The molecule has 0 spiro atoms. The van der Waals surface area contributed by atoms with Crippen molar-refractivity contribution in [3.05, 3.63) is 34.6 Å². The molecular weight excluding hydrogens is 231 g/mol. The van der Waals surface area contributed by atoms with E-state index < -0.39 is 11.8 Å². The van der Waals surface area contributed by atoms with Gasteiger partial charge in [0, 0.05) is 0 Å². The van der Waals surface area contributed by atoms with Crippen molar-refractivity contribution in [3.8, 4) is 0 Å². The van der Waals surface area contributed by atoms with Crippen LogP contribution in [0.1, 0.15) is 30.7 Å². The maximum Gasteiger partial charge on any atom is 0.303 e. The van der Waals surface area contributed by atoms with E-state index in [1.807, 2.05) is 0 Å². The molecule has 0 amide bonds. The zero-order valence-electron chi connectivity index (χ0n) is 8.62. The zero-order chi connectivity index (χ0) is 11.7. The third-order valence-electron chi connectivity index (χ3n) is 2.96. The van der Waals surface area contributed by atoms with Crippen molar-refractivity contribution in [1.29, 1.82) is 0 Å². The summed E-state index contributed by atoms with van der Waals surface area (Å²) in [5.74, 6) is -1.01. The van der Waals surface area contributed by atoms with Crippen molar-refractivity contribution >= 4 is 17.6 Å². The van der Waals surface area contributed by atoms with Gasteiger partial charge in [-0.15, -0.1) is 0 Å². The van der Waals surface area contributed by atoms with Gasteiger partial charge in [0.05, 0.1) is 11.4 Å². The summed E-state index contributed by atoms with van der Waals surface area (Å²) in [6.07, 6.45) is 2.12. The molecule has 1 saturated carbocycles. The van der Waals surface area contributed by atoms with Crippen molar-refractivity contribution < 1.29 is 14.3 Å². The van der Waals surface area contributed by atoms with Gasteiger partial charge in [0.15, 0.2) is 0 Å². The molecule has 1 unspecified atom stereocenters. The monoisotopic (exact) mass is 242 g/mol. The largest absolute Gasteiger partial charge is 0.481 e. The van der Waals surface area contributed by atoms with E-state index in [0.717, 1.165) is 18.4 Å². The van der Waals surface area contributed by atoms with Crippen LogP contribution in [0.4, 0.5) is 4.39 Å². The van der Waals surface area contributed by atoms with E-state index in [2.05, 4.69) is 0 Å². The number of benzene rings is 1. The molecule has 1 N–H and O–H groups in total. The van der Waals surface area contributed by atoms with Crippen molar-refractivity contribution in [2.24, 2.45) is 5.92 Å². The lowest BCUT2D eigenvalue weighted by molar-refractivity contribution is -0.137. The molecular formula is C12H12ClFO2. The van der Waals surface area contributed by atoms with E-state index in [0.29, 0.717) is 5.92 Å². The average molecular weight is 243 g/mol. The van der Waals surface area contributed by atoms with Crippen LogP contribution in [-0.2, 0) is 4.79 Å². The first-order valence-electron chi connectivity index (χ1n) is 5.24. The summed E-state index contributed by atoms with van der Waals surface area (Å²) >= 11 is 5.59. The van der Waals surface area contributed by atoms with Gasteiger partial charge < -0.3 is 5.11 Å². The highest BCUT2D eigenvalue weighted by molar-refractivity contribution is 6.30. The molecule has 1 fully saturated rings. The van der Waals surface area contributed by atoms with Gasteiger partial charge in [0.2, 0.25) is 0 Å². The lowest BCUT2D eigenvalue weighted by Crippen LogP contribution is -2.08. The lowest BCUT2D eigenvalue weighted by atomic mass is 9.91. The van der Waals surface area contributed by atoms with Crippen LogP contribution >= 0.6 is 11.6 Å². The van der Waals surface area contributed by atoms with Gasteiger partial charge >= 0.3 is 5.97 Å². The maximum absolute atomic E-state index is 13.3. The molecule has 0 radical (unpaired) electrons. The minimum Gasteiger partial charge on any atom is -0.481 e. The summed E-state index contributed by atoms with van der Waals surface area (Å²) in [5, 5.41) is 8.90. The third kappa shape index (κ3) is 2.53. The Hall–Kier alpha value is -1.09. The summed E-state index contributed by atoms with van der Waals surface area (Å²) in [6, 6.07) is 4.56. The summed E-state index contributed by atoms with van der Waals surface area (Å²) in [4.78, 5) is 10.7. The molecule has 0 bridgehead atoms. The number of hydrogen-bond acceptors (Lipinski definition) is 1. The molecule has 2 rings (SSSR count). The third-order valence-corrected chi connectivity index (χ3v) is 3.26. The Balaban J connectivity index is 2.24. The standard InChI is InChI=1S/C12H12ClFO2/c13-10-4-3-8(5-11(10)14)9(6-12(15)16)7-1-2-7/h3-5,7,9H,1-2,6H2,(H,15,16). The molecule has 0 heterocycles. The zero-order valence-corrected chi connectivity index (χ0v) is 9.38. The molecule has 4 heteroatoms. The number of carboxylic acids is 1. The lowest BCUT2D eigenvalue weighted by Gasteiger charge is -2.14. The predicted molar refractivity (Wildman–Crippen MR) is 59.1 cm³/mol. The second kappa shape index (κ2) is 4.42. The Bertz CT molecular complexity index is 415. The maximum atomic E-state index is 13.3. The number of rotatable bonds is 4. The minimum atomic E-state index is -0.841. The van der Waals surface area contributed by atoms with Gasteiger partial charge in [0.1, 0.15) is 5.82 Å². The second-order valence-electron chi connectivity index (χ2n) is 4.22. The predicted octanol–water partition coefficient (Wildman–Crippen LogP) is 3.45.